The van der Waals surface area contributed by atoms with E-state index in [9.17, 15) is 4.79 Å². The molecule has 0 atom stereocenters. The van der Waals surface area contributed by atoms with Crippen molar-refractivity contribution < 1.29 is 14.3 Å². The van der Waals surface area contributed by atoms with Crippen molar-refractivity contribution in [2.24, 2.45) is 0 Å². The lowest BCUT2D eigenvalue weighted by atomic mass is 10.1. The topological polar surface area (TPSA) is 47.6 Å². The van der Waals surface area contributed by atoms with Gasteiger partial charge in [-0.2, -0.15) is 0 Å². The third-order valence-corrected chi connectivity index (χ3v) is 5.24. The number of amides is 1. The lowest BCUT2D eigenvalue weighted by Crippen LogP contribution is -2.34. The number of nitrogens with one attached hydrogen (secondary N) is 1. The van der Waals surface area contributed by atoms with Gasteiger partial charge in [-0.1, -0.05) is 43.4 Å². The molecule has 1 saturated carbocycles. The fraction of sp³-hybridized carbons (Fsp3) is 0.435. The Morgan fingerprint density at radius 2 is 1.86 bits per heavy atom. The van der Waals surface area contributed by atoms with E-state index in [2.05, 4.69) is 5.32 Å². The van der Waals surface area contributed by atoms with E-state index in [0.717, 1.165) is 24.2 Å². The Hall–Kier alpha value is -2.20. The molecule has 0 unspecified atom stereocenters. The second-order valence-electron chi connectivity index (χ2n) is 7.16. The van der Waals surface area contributed by atoms with Gasteiger partial charge in [0.25, 0.3) is 5.91 Å². The molecule has 0 heterocycles. The Balaban J connectivity index is 1.71. The standard InChI is InChI=1S/C23H28ClNO3/c1-2-27-22-13-12-17(23(26)25-20-9-5-3-4-6-10-20)14-18(22)16-28-21-11-7-8-19(24)15-21/h7-8,11-15,20H,2-6,9-10,16H2,1H3,(H,25,26). The predicted octanol–water partition coefficient (Wildman–Crippen LogP) is 5.77. The predicted molar refractivity (Wildman–Crippen MR) is 112 cm³/mol. The highest BCUT2D eigenvalue weighted by atomic mass is 35.5. The summed E-state index contributed by atoms with van der Waals surface area (Å²) in [6.45, 7) is 2.80. The number of halogens is 1. The van der Waals surface area contributed by atoms with Crippen LogP contribution in [0.1, 0.15) is 61.4 Å². The zero-order chi connectivity index (χ0) is 19.8. The Morgan fingerprint density at radius 3 is 2.57 bits per heavy atom. The van der Waals surface area contributed by atoms with Crippen molar-refractivity contribution in [1.82, 2.24) is 5.32 Å². The van der Waals surface area contributed by atoms with Crippen molar-refractivity contribution in [3.05, 3.63) is 58.6 Å². The second kappa shape index (κ2) is 10.4. The van der Waals surface area contributed by atoms with Crippen molar-refractivity contribution in [2.45, 2.75) is 58.1 Å². The van der Waals surface area contributed by atoms with Gasteiger partial charge in [-0.25, -0.2) is 0 Å². The number of hydrogen-bond acceptors (Lipinski definition) is 3. The summed E-state index contributed by atoms with van der Waals surface area (Å²) in [6.07, 6.45) is 7.03. The van der Waals surface area contributed by atoms with E-state index in [4.69, 9.17) is 21.1 Å². The zero-order valence-electron chi connectivity index (χ0n) is 16.4. The maximum Gasteiger partial charge on any atom is 0.251 e. The number of carbonyl (C=O) groups is 1. The molecule has 0 aliphatic heterocycles. The average Bonchev–Trinajstić information content (AvgIpc) is 2.96. The first kappa shape index (κ1) is 20.5. The smallest absolute Gasteiger partial charge is 0.251 e. The molecular weight excluding hydrogens is 374 g/mol. The van der Waals surface area contributed by atoms with Crippen molar-refractivity contribution in [3.63, 3.8) is 0 Å². The summed E-state index contributed by atoms with van der Waals surface area (Å²) in [5.41, 5.74) is 1.48. The summed E-state index contributed by atoms with van der Waals surface area (Å²) in [5, 5.41) is 3.82. The fourth-order valence-electron chi connectivity index (χ4n) is 3.54. The van der Waals surface area contributed by atoms with Crippen molar-refractivity contribution in [3.8, 4) is 11.5 Å². The average molecular weight is 402 g/mol. The minimum Gasteiger partial charge on any atom is -0.493 e. The van der Waals surface area contributed by atoms with Gasteiger partial charge >= 0.3 is 0 Å². The van der Waals surface area contributed by atoms with Crippen LogP contribution < -0.4 is 14.8 Å². The summed E-state index contributed by atoms with van der Waals surface area (Å²) in [6, 6.07) is 13.1. The highest BCUT2D eigenvalue weighted by molar-refractivity contribution is 6.30. The van der Waals surface area contributed by atoms with Gasteiger partial charge in [0.1, 0.15) is 18.1 Å². The molecule has 28 heavy (non-hydrogen) atoms. The number of carbonyl (C=O) groups excluding carboxylic acids is 1. The third-order valence-electron chi connectivity index (χ3n) is 5.00. The minimum atomic E-state index is -0.0287. The van der Waals surface area contributed by atoms with E-state index in [1.165, 1.54) is 25.7 Å². The van der Waals surface area contributed by atoms with Gasteiger partial charge in [0.2, 0.25) is 0 Å². The Morgan fingerprint density at radius 1 is 1.07 bits per heavy atom. The van der Waals surface area contributed by atoms with Gasteiger partial charge in [0.15, 0.2) is 0 Å². The van der Waals surface area contributed by atoms with Crippen molar-refractivity contribution >= 4 is 17.5 Å². The van der Waals surface area contributed by atoms with E-state index in [0.29, 0.717) is 29.5 Å². The number of hydrogen-bond donors (Lipinski definition) is 1. The maximum atomic E-state index is 12.8. The van der Waals surface area contributed by atoms with Crippen LogP contribution in [-0.4, -0.2) is 18.6 Å². The summed E-state index contributed by atoms with van der Waals surface area (Å²) >= 11 is 6.02. The monoisotopic (exact) mass is 401 g/mol. The van der Waals surface area contributed by atoms with Gasteiger partial charge in [-0.15, -0.1) is 0 Å². The Labute approximate surface area is 172 Å². The summed E-state index contributed by atoms with van der Waals surface area (Å²) in [7, 11) is 0. The van der Waals surface area contributed by atoms with Crippen molar-refractivity contribution in [2.75, 3.05) is 6.61 Å². The van der Waals surface area contributed by atoms with Crippen molar-refractivity contribution in [1.29, 1.82) is 0 Å². The molecule has 1 aliphatic rings. The Kier molecular flexibility index (Phi) is 7.61. The molecule has 2 aromatic rings. The first-order valence-corrected chi connectivity index (χ1v) is 10.5. The van der Waals surface area contributed by atoms with Gasteiger partial charge in [-0.05, 0) is 56.2 Å². The molecule has 1 amide bonds. The Bertz CT molecular complexity index is 785. The van der Waals surface area contributed by atoms with E-state index in [-0.39, 0.29) is 11.9 Å². The molecule has 0 radical (unpaired) electrons. The van der Waals surface area contributed by atoms with Crippen LogP contribution in [0.25, 0.3) is 0 Å². The summed E-state index contributed by atoms with van der Waals surface area (Å²) < 4.78 is 11.6. The molecule has 0 saturated heterocycles. The second-order valence-corrected chi connectivity index (χ2v) is 7.60. The lowest BCUT2D eigenvalue weighted by Gasteiger charge is -2.17. The van der Waals surface area contributed by atoms with Crippen LogP contribution in [0.4, 0.5) is 0 Å². The van der Waals surface area contributed by atoms with Crippen LogP contribution in [0, 0.1) is 0 Å². The molecule has 3 rings (SSSR count). The number of ether oxygens (including phenoxy) is 2. The van der Waals surface area contributed by atoms with Crippen LogP contribution >= 0.6 is 11.6 Å². The lowest BCUT2D eigenvalue weighted by molar-refractivity contribution is 0.0933. The van der Waals surface area contributed by atoms with Gasteiger partial charge in [0.05, 0.1) is 6.61 Å². The minimum absolute atomic E-state index is 0.0287. The fourth-order valence-corrected chi connectivity index (χ4v) is 3.72. The van der Waals surface area contributed by atoms with E-state index >= 15 is 0 Å². The SMILES string of the molecule is CCOc1ccc(C(=O)NC2CCCCCC2)cc1COc1cccc(Cl)c1. The normalized spacial score (nSPS) is 14.9. The highest BCUT2D eigenvalue weighted by Gasteiger charge is 2.17. The number of benzene rings is 2. The van der Waals surface area contributed by atoms with E-state index in [1.807, 2.05) is 37.3 Å². The van der Waals surface area contributed by atoms with Crippen LogP contribution in [0.3, 0.4) is 0 Å². The molecule has 4 nitrogen and oxygen atoms in total. The molecule has 1 fully saturated rings. The highest BCUT2D eigenvalue weighted by Crippen LogP contribution is 2.25. The summed E-state index contributed by atoms with van der Waals surface area (Å²) in [5.74, 6) is 1.39. The molecule has 0 spiro atoms. The van der Waals surface area contributed by atoms with Crippen LogP contribution in [0.5, 0.6) is 11.5 Å². The van der Waals surface area contributed by atoms with Gasteiger partial charge in [-0.3, -0.25) is 4.79 Å². The van der Waals surface area contributed by atoms with Gasteiger partial charge < -0.3 is 14.8 Å². The molecule has 1 aliphatic carbocycles. The van der Waals surface area contributed by atoms with Crippen LogP contribution in [-0.2, 0) is 6.61 Å². The molecule has 2 aromatic carbocycles. The van der Waals surface area contributed by atoms with Crippen LogP contribution in [0.15, 0.2) is 42.5 Å². The zero-order valence-corrected chi connectivity index (χ0v) is 17.1. The molecular formula is C23H28ClNO3. The van der Waals surface area contributed by atoms with E-state index in [1.54, 1.807) is 12.1 Å². The quantitative estimate of drug-likeness (QED) is 0.599. The molecule has 1 N–H and O–H groups in total. The number of rotatable bonds is 7. The molecule has 0 bridgehead atoms. The molecule has 150 valence electrons. The summed E-state index contributed by atoms with van der Waals surface area (Å²) in [4.78, 5) is 12.8. The third kappa shape index (κ3) is 5.90. The largest absolute Gasteiger partial charge is 0.493 e. The first-order valence-electron chi connectivity index (χ1n) is 10.1. The molecule has 5 heteroatoms. The van der Waals surface area contributed by atoms with Crippen LogP contribution in [0.2, 0.25) is 5.02 Å². The van der Waals surface area contributed by atoms with Gasteiger partial charge in [0, 0.05) is 22.2 Å². The molecule has 0 aromatic heterocycles. The maximum absolute atomic E-state index is 12.8. The van der Waals surface area contributed by atoms with E-state index < -0.39 is 0 Å². The first-order chi connectivity index (χ1) is 13.7.